The first kappa shape index (κ1) is 66.4. The molecule has 0 heterocycles. The van der Waals surface area contributed by atoms with Crippen molar-refractivity contribution in [3.8, 4) is 0 Å². The monoisotopic (exact) mass is 961 g/mol. The van der Waals surface area contributed by atoms with E-state index in [-0.39, 0.29) is 31.1 Å². The third-order valence-corrected chi connectivity index (χ3v) is 14.2. The van der Waals surface area contributed by atoms with Crippen molar-refractivity contribution in [1.29, 1.82) is 0 Å². The summed E-state index contributed by atoms with van der Waals surface area (Å²) in [7, 11) is 0. The van der Waals surface area contributed by atoms with Crippen molar-refractivity contribution >= 4 is 17.9 Å². The summed E-state index contributed by atoms with van der Waals surface area (Å²) < 4.78 is 16.9. The fraction of sp³-hybridized carbons (Fsp3) is 0.952. The van der Waals surface area contributed by atoms with Crippen LogP contribution in [0.15, 0.2) is 0 Å². The summed E-state index contributed by atoms with van der Waals surface area (Å²) in [5, 5.41) is 0. The number of hydrogen-bond donors (Lipinski definition) is 0. The lowest BCUT2D eigenvalue weighted by molar-refractivity contribution is -0.167. The van der Waals surface area contributed by atoms with Crippen LogP contribution in [0.25, 0.3) is 0 Å². The van der Waals surface area contributed by atoms with E-state index in [1.165, 1.54) is 238 Å². The zero-order valence-electron chi connectivity index (χ0n) is 46.7. The summed E-state index contributed by atoms with van der Waals surface area (Å²) in [6, 6.07) is 0. The molecule has 0 aliphatic heterocycles. The number of rotatable bonds is 56. The van der Waals surface area contributed by atoms with Gasteiger partial charge in [0.15, 0.2) is 6.10 Å². The van der Waals surface area contributed by atoms with Crippen LogP contribution in [-0.4, -0.2) is 37.2 Å². The van der Waals surface area contributed by atoms with E-state index >= 15 is 0 Å². The van der Waals surface area contributed by atoms with Crippen LogP contribution in [0.1, 0.15) is 349 Å². The second kappa shape index (κ2) is 54.7. The largest absolute Gasteiger partial charge is 0.462 e. The number of hydrogen-bond acceptors (Lipinski definition) is 6. The SMILES string of the molecule is CCCCCCCCCCCCCCCC(=O)OC[C@H](COC(=O)CCCCCCCCCCCCCCCCCCC(C)C)OC(=O)CCCCCCCCCCCCCCCCCC(C)C. The molecule has 0 aliphatic rings. The minimum Gasteiger partial charge on any atom is -0.462 e. The molecule has 68 heavy (non-hydrogen) atoms. The van der Waals surface area contributed by atoms with Gasteiger partial charge in [-0.05, 0) is 31.1 Å². The molecule has 0 saturated heterocycles. The number of esters is 3. The lowest BCUT2D eigenvalue weighted by Gasteiger charge is -2.18. The van der Waals surface area contributed by atoms with Crippen molar-refractivity contribution < 1.29 is 28.6 Å². The summed E-state index contributed by atoms with van der Waals surface area (Å²) in [6.45, 7) is 11.4. The Morgan fingerprint density at radius 1 is 0.279 bits per heavy atom. The molecule has 0 spiro atoms. The summed E-state index contributed by atoms with van der Waals surface area (Å²) in [4.78, 5) is 38.2. The van der Waals surface area contributed by atoms with E-state index in [1.807, 2.05) is 0 Å². The van der Waals surface area contributed by atoms with Crippen molar-refractivity contribution in [3.05, 3.63) is 0 Å². The van der Waals surface area contributed by atoms with Crippen molar-refractivity contribution in [2.24, 2.45) is 11.8 Å². The highest BCUT2D eigenvalue weighted by molar-refractivity contribution is 5.71. The summed E-state index contributed by atoms with van der Waals surface area (Å²) in [5.74, 6) is 0.867. The van der Waals surface area contributed by atoms with Gasteiger partial charge in [-0.2, -0.15) is 0 Å². The predicted molar refractivity (Wildman–Crippen MR) is 293 cm³/mol. The second-order valence-corrected chi connectivity index (χ2v) is 22.3. The van der Waals surface area contributed by atoms with Gasteiger partial charge in [0.05, 0.1) is 0 Å². The van der Waals surface area contributed by atoms with Crippen LogP contribution >= 0.6 is 0 Å². The lowest BCUT2D eigenvalue weighted by Crippen LogP contribution is -2.30. The minimum atomic E-state index is -0.763. The molecule has 1 atom stereocenters. The topological polar surface area (TPSA) is 78.9 Å². The van der Waals surface area contributed by atoms with Crippen molar-refractivity contribution in [1.82, 2.24) is 0 Å². The fourth-order valence-corrected chi connectivity index (χ4v) is 9.58. The van der Waals surface area contributed by atoms with Crippen LogP contribution in [0, 0.1) is 11.8 Å². The van der Waals surface area contributed by atoms with Crippen molar-refractivity contribution in [3.63, 3.8) is 0 Å². The number of carbonyl (C=O) groups excluding carboxylic acids is 3. The maximum atomic E-state index is 12.9. The first-order chi connectivity index (χ1) is 33.2. The number of ether oxygens (including phenoxy) is 3. The zero-order valence-corrected chi connectivity index (χ0v) is 46.7. The average Bonchev–Trinajstić information content (AvgIpc) is 3.31. The highest BCUT2D eigenvalue weighted by Gasteiger charge is 2.19. The molecule has 6 heteroatoms. The van der Waals surface area contributed by atoms with Crippen LogP contribution in [0.2, 0.25) is 0 Å². The van der Waals surface area contributed by atoms with E-state index in [0.29, 0.717) is 19.3 Å². The van der Waals surface area contributed by atoms with Gasteiger partial charge >= 0.3 is 17.9 Å². The standard InChI is InChI=1S/C62H120O6/c1-6-7-8-9-10-11-12-20-27-32-37-42-47-52-60(63)66-55-59(68-62(65)54-49-44-39-34-29-24-19-15-17-22-26-31-36-41-46-51-58(4)5)56-67-61(64)53-48-43-38-33-28-23-18-14-13-16-21-25-30-35-40-45-50-57(2)3/h57-59H,6-56H2,1-5H3/t59-/m1/s1. The van der Waals surface area contributed by atoms with Gasteiger partial charge in [-0.3, -0.25) is 14.4 Å². The smallest absolute Gasteiger partial charge is 0.306 e. The Labute approximate surface area is 425 Å². The lowest BCUT2D eigenvalue weighted by atomic mass is 10.0. The fourth-order valence-electron chi connectivity index (χ4n) is 9.58. The first-order valence-corrected chi connectivity index (χ1v) is 30.7. The van der Waals surface area contributed by atoms with Gasteiger partial charge in [-0.15, -0.1) is 0 Å². The van der Waals surface area contributed by atoms with E-state index in [4.69, 9.17) is 14.2 Å². The van der Waals surface area contributed by atoms with Gasteiger partial charge < -0.3 is 14.2 Å². The van der Waals surface area contributed by atoms with Gasteiger partial charge in [0.25, 0.3) is 0 Å². The van der Waals surface area contributed by atoms with Crippen LogP contribution in [0.5, 0.6) is 0 Å². The molecular weight excluding hydrogens is 841 g/mol. The molecule has 0 N–H and O–H groups in total. The Morgan fingerprint density at radius 2 is 0.485 bits per heavy atom. The minimum absolute atomic E-state index is 0.0620. The van der Waals surface area contributed by atoms with E-state index < -0.39 is 6.10 Å². The highest BCUT2D eigenvalue weighted by atomic mass is 16.6. The molecule has 0 fully saturated rings. The third kappa shape index (κ3) is 55.3. The molecular formula is C62H120O6. The molecule has 0 bridgehead atoms. The summed E-state index contributed by atoms with van der Waals surface area (Å²) in [6.07, 6.45) is 59.5. The van der Waals surface area contributed by atoms with Gasteiger partial charge in [0, 0.05) is 19.3 Å². The van der Waals surface area contributed by atoms with Crippen LogP contribution in [0.3, 0.4) is 0 Å². The molecule has 0 aromatic rings. The molecule has 404 valence electrons. The highest BCUT2D eigenvalue weighted by Crippen LogP contribution is 2.19. The van der Waals surface area contributed by atoms with E-state index in [1.54, 1.807) is 0 Å². The van der Waals surface area contributed by atoms with Crippen LogP contribution in [-0.2, 0) is 28.6 Å². The quantitative estimate of drug-likeness (QED) is 0.0343. The molecule has 0 radical (unpaired) electrons. The van der Waals surface area contributed by atoms with Crippen molar-refractivity contribution in [2.45, 2.75) is 355 Å². The Morgan fingerprint density at radius 3 is 0.721 bits per heavy atom. The predicted octanol–water partition coefficient (Wildman–Crippen LogP) is 20.4. The maximum absolute atomic E-state index is 12.9. The third-order valence-electron chi connectivity index (χ3n) is 14.2. The van der Waals surface area contributed by atoms with Gasteiger partial charge in [-0.25, -0.2) is 0 Å². The first-order valence-electron chi connectivity index (χ1n) is 30.7. The van der Waals surface area contributed by atoms with Crippen molar-refractivity contribution in [2.75, 3.05) is 13.2 Å². The molecule has 0 aliphatic carbocycles. The Balaban J connectivity index is 4.27. The maximum Gasteiger partial charge on any atom is 0.306 e. The average molecular weight is 962 g/mol. The number of unbranched alkanes of at least 4 members (excludes halogenated alkanes) is 41. The molecule has 0 aromatic heterocycles. The molecule has 0 unspecified atom stereocenters. The van der Waals surface area contributed by atoms with E-state index in [0.717, 1.165) is 69.6 Å². The van der Waals surface area contributed by atoms with Gasteiger partial charge in [0.1, 0.15) is 13.2 Å². The zero-order chi connectivity index (χ0) is 49.6. The summed E-state index contributed by atoms with van der Waals surface area (Å²) in [5.41, 5.74) is 0. The van der Waals surface area contributed by atoms with Crippen LogP contribution in [0.4, 0.5) is 0 Å². The molecule has 0 saturated carbocycles. The Bertz CT molecular complexity index is 1040. The van der Waals surface area contributed by atoms with Gasteiger partial charge in [-0.1, -0.05) is 311 Å². The Hall–Kier alpha value is -1.59. The summed E-state index contributed by atoms with van der Waals surface area (Å²) >= 11 is 0. The normalized spacial score (nSPS) is 12.0. The molecule has 0 aromatic carbocycles. The van der Waals surface area contributed by atoms with E-state index in [2.05, 4.69) is 34.6 Å². The molecule has 0 amide bonds. The van der Waals surface area contributed by atoms with E-state index in [9.17, 15) is 14.4 Å². The molecule has 6 nitrogen and oxygen atoms in total. The van der Waals surface area contributed by atoms with Gasteiger partial charge in [0.2, 0.25) is 0 Å². The van der Waals surface area contributed by atoms with Crippen LogP contribution < -0.4 is 0 Å². The Kier molecular flexibility index (Phi) is 53.5. The number of carbonyl (C=O) groups is 3. The molecule has 0 rings (SSSR count). The second-order valence-electron chi connectivity index (χ2n) is 22.3.